The molecule has 1 saturated carbocycles. The van der Waals surface area contributed by atoms with Gasteiger partial charge < -0.3 is 14.6 Å². The number of hydrogen-bond acceptors (Lipinski definition) is 5. The number of carbonyl (C=O) groups excluding carboxylic acids is 1. The minimum Gasteiger partial charge on any atom is -0.489 e. The molecule has 1 aliphatic carbocycles. The normalized spacial score (nSPS) is 14.0. The summed E-state index contributed by atoms with van der Waals surface area (Å²) in [5.74, 6) is 1.30. The highest BCUT2D eigenvalue weighted by Gasteiger charge is 2.31. The molecule has 2 aromatic rings. The number of aliphatic hydroxyl groups excluding tert-OH is 1. The van der Waals surface area contributed by atoms with E-state index in [9.17, 15) is 14.7 Å². The molecule has 0 bridgehead atoms. The Hall–Kier alpha value is -2.54. The highest BCUT2D eigenvalue weighted by molar-refractivity contribution is 5.97. The molecule has 3 rings (SSSR count). The molecule has 1 heterocycles. The first-order chi connectivity index (χ1) is 14.7. The van der Waals surface area contributed by atoms with Crippen LogP contribution in [0.4, 0.5) is 10.6 Å². The van der Waals surface area contributed by atoms with Gasteiger partial charge in [-0.15, -0.1) is 0 Å². The van der Waals surface area contributed by atoms with E-state index in [4.69, 9.17) is 9.47 Å². The first kappa shape index (κ1) is 23.1. The van der Waals surface area contributed by atoms with Gasteiger partial charge in [0.15, 0.2) is 11.6 Å². The molecule has 170 valence electrons. The van der Waals surface area contributed by atoms with Crippen molar-refractivity contribution in [3.05, 3.63) is 34.1 Å². The van der Waals surface area contributed by atoms with Crippen molar-refractivity contribution in [3.8, 4) is 5.75 Å². The van der Waals surface area contributed by atoms with Gasteiger partial charge in [0.25, 0.3) is 5.56 Å². The Bertz CT molecular complexity index is 1000. The zero-order valence-electron chi connectivity index (χ0n) is 19.2. The molecule has 0 radical (unpaired) electrons. The molecule has 1 aromatic heterocycles. The van der Waals surface area contributed by atoms with Crippen LogP contribution in [-0.4, -0.2) is 35.0 Å². The lowest BCUT2D eigenvalue weighted by atomic mass is 10.1. The smallest absolute Gasteiger partial charge is 0.415 e. The van der Waals surface area contributed by atoms with Crippen molar-refractivity contribution in [2.45, 2.75) is 72.1 Å². The predicted molar refractivity (Wildman–Crippen MR) is 122 cm³/mol. The van der Waals surface area contributed by atoms with Gasteiger partial charge in [0.2, 0.25) is 0 Å². The summed E-state index contributed by atoms with van der Waals surface area (Å²) in [6, 6.07) is 5.25. The zero-order chi connectivity index (χ0) is 22.8. The van der Waals surface area contributed by atoms with E-state index < -0.39 is 11.7 Å². The van der Waals surface area contributed by atoms with Gasteiger partial charge in [0.05, 0.1) is 18.6 Å². The number of rotatable bonds is 8. The van der Waals surface area contributed by atoms with E-state index in [-0.39, 0.29) is 12.2 Å². The second-order valence-electron chi connectivity index (χ2n) is 9.29. The topological polar surface area (TPSA) is 81.0 Å². The maximum atomic E-state index is 13.5. The number of unbranched alkanes of at least 4 members (excludes halogenated alkanes) is 1. The molecule has 31 heavy (non-hydrogen) atoms. The molecule has 1 fully saturated rings. The third kappa shape index (κ3) is 5.39. The van der Waals surface area contributed by atoms with E-state index in [1.54, 1.807) is 29.8 Å². The molecule has 0 spiro atoms. The molecule has 0 unspecified atom stereocenters. The van der Waals surface area contributed by atoms with Gasteiger partial charge in [-0.25, -0.2) is 4.79 Å². The minimum absolute atomic E-state index is 0.146. The Balaban J connectivity index is 2.24. The number of carbonyl (C=O) groups is 1. The van der Waals surface area contributed by atoms with Crippen LogP contribution in [0.3, 0.4) is 0 Å². The molecule has 7 heteroatoms. The standard InChI is InChI=1S/C24H34N2O5/c1-6-7-12-30-20-19-13-17(15-27)10-11-18(19)22(28)26(14-16-8-9-16)21(20)25(5)23(29)31-24(2,3)4/h10-11,13,16,27H,6-9,12,14-15H2,1-5H3. The first-order valence-corrected chi connectivity index (χ1v) is 11.1. The Morgan fingerprint density at radius 2 is 1.97 bits per heavy atom. The molecular formula is C24H34N2O5. The average Bonchev–Trinajstić information content (AvgIpc) is 3.53. The van der Waals surface area contributed by atoms with Crippen molar-refractivity contribution in [2.24, 2.45) is 5.92 Å². The Labute approximate surface area is 183 Å². The van der Waals surface area contributed by atoms with E-state index in [1.165, 1.54) is 4.90 Å². The van der Waals surface area contributed by atoms with Crippen molar-refractivity contribution in [1.29, 1.82) is 0 Å². The summed E-state index contributed by atoms with van der Waals surface area (Å²) in [7, 11) is 1.61. The lowest BCUT2D eigenvalue weighted by Crippen LogP contribution is -2.38. The van der Waals surface area contributed by atoms with Gasteiger partial charge in [-0.1, -0.05) is 19.4 Å². The third-order valence-electron chi connectivity index (χ3n) is 5.31. The lowest BCUT2D eigenvalue weighted by molar-refractivity contribution is 0.0585. The van der Waals surface area contributed by atoms with Gasteiger partial charge in [-0.3, -0.25) is 14.3 Å². The van der Waals surface area contributed by atoms with Crippen LogP contribution >= 0.6 is 0 Å². The van der Waals surface area contributed by atoms with Gasteiger partial charge >= 0.3 is 6.09 Å². The molecule has 1 aliphatic rings. The van der Waals surface area contributed by atoms with E-state index in [2.05, 4.69) is 6.92 Å². The van der Waals surface area contributed by atoms with Crippen LogP contribution in [0.1, 0.15) is 58.9 Å². The van der Waals surface area contributed by atoms with Crippen LogP contribution in [-0.2, 0) is 17.9 Å². The second-order valence-corrected chi connectivity index (χ2v) is 9.29. The summed E-state index contributed by atoms with van der Waals surface area (Å²) in [5.41, 5.74) is -0.158. The summed E-state index contributed by atoms with van der Waals surface area (Å²) in [6.45, 7) is 8.35. The van der Waals surface area contributed by atoms with Gasteiger partial charge in [0, 0.05) is 19.0 Å². The van der Waals surface area contributed by atoms with Crippen molar-refractivity contribution in [2.75, 3.05) is 18.6 Å². The van der Waals surface area contributed by atoms with Crippen LogP contribution in [0, 0.1) is 5.92 Å². The summed E-state index contributed by atoms with van der Waals surface area (Å²) in [4.78, 5) is 27.8. The molecule has 1 N–H and O–H groups in total. The third-order valence-corrected chi connectivity index (χ3v) is 5.31. The Kier molecular flexibility index (Phi) is 6.94. The van der Waals surface area contributed by atoms with E-state index in [0.717, 1.165) is 25.7 Å². The number of hydrogen-bond donors (Lipinski definition) is 1. The number of benzene rings is 1. The molecule has 7 nitrogen and oxygen atoms in total. The summed E-state index contributed by atoms with van der Waals surface area (Å²) < 4.78 is 13.4. The zero-order valence-corrected chi connectivity index (χ0v) is 19.2. The SMILES string of the molecule is CCCCOc1c(N(C)C(=O)OC(C)(C)C)n(CC2CC2)c(=O)c2ccc(CO)cc12. The quantitative estimate of drug-likeness (QED) is 0.626. The van der Waals surface area contributed by atoms with Crippen LogP contribution in [0.5, 0.6) is 5.75 Å². The Morgan fingerprint density at radius 3 is 2.55 bits per heavy atom. The van der Waals surface area contributed by atoms with E-state index >= 15 is 0 Å². The number of anilines is 1. The molecule has 0 saturated heterocycles. The van der Waals surface area contributed by atoms with Gasteiger partial charge in [0.1, 0.15) is 5.60 Å². The molecule has 1 amide bonds. The van der Waals surface area contributed by atoms with Crippen molar-refractivity contribution < 1.29 is 19.4 Å². The summed E-state index contributed by atoms with van der Waals surface area (Å²) in [6.07, 6.45) is 3.39. The minimum atomic E-state index is -0.670. The molecule has 0 aliphatic heterocycles. The fourth-order valence-corrected chi connectivity index (χ4v) is 3.49. The fourth-order valence-electron chi connectivity index (χ4n) is 3.49. The van der Waals surface area contributed by atoms with Gasteiger partial charge in [-0.05, 0) is 63.6 Å². The van der Waals surface area contributed by atoms with Crippen molar-refractivity contribution in [1.82, 2.24) is 4.57 Å². The summed E-state index contributed by atoms with van der Waals surface area (Å²) >= 11 is 0. The molecule has 1 aromatic carbocycles. The number of pyridine rings is 1. The van der Waals surface area contributed by atoms with Crippen LogP contribution in [0.2, 0.25) is 0 Å². The number of aliphatic hydroxyl groups is 1. The van der Waals surface area contributed by atoms with E-state index in [1.807, 2.05) is 20.8 Å². The van der Waals surface area contributed by atoms with E-state index in [0.29, 0.717) is 47.0 Å². The van der Waals surface area contributed by atoms with Crippen LogP contribution < -0.4 is 15.2 Å². The fraction of sp³-hybridized carbons (Fsp3) is 0.583. The van der Waals surface area contributed by atoms with Crippen LogP contribution in [0.15, 0.2) is 23.0 Å². The van der Waals surface area contributed by atoms with Gasteiger partial charge in [-0.2, -0.15) is 0 Å². The van der Waals surface area contributed by atoms with Crippen molar-refractivity contribution in [3.63, 3.8) is 0 Å². The Morgan fingerprint density at radius 1 is 1.26 bits per heavy atom. The number of aromatic nitrogens is 1. The number of amides is 1. The maximum absolute atomic E-state index is 13.5. The van der Waals surface area contributed by atoms with Crippen LogP contribution in [0.25, 0.3) is 10.8 Å². The lowest BCUT2D eigenvalue weighted by Gasteiger charge is -2.28. The maximum Gasteiger partial charge on any atom is 0.415 e. The largest absolute Gasteiger partial charge is 0.489 e. The monoisotopic (exact) mass is 430 g/mol. The average molecular weight is 431 g/mol. The summed E-state index contributed by atoms with van der Waals surface area (Å²) in [5, 5.41) is 10.8. The first-order valence-electron chi connectivity index (χ1n) is 11.1. The number of nitrogens with zero attached hydrogens (tertiary/aromatic N) is 2. The predicted octanol–water partition coefficient (Wildman–Crippen LogP) is 4.45. The van der Waals surface area contributed by atoms with Crippen molar-refractivity contribution >= 4 is 22.7 Å². The number of ether oxygens (including phenoxy) is 2. The highest BCUT2D eigenvalue weighted by Crippen LogP contribution is 2.38. The second kappa shape index (κ2) is 9.30. The number of fused-ring (bicyclic) bond motifs is 1. The molecule has 0 atom stereocenters. The molecular weight excluding hydrogens is 396 g/mol. The highest BCUT2D eigenvalue weighted by atomic mass is 16.6.